The highest BCUT2D eigenvalue weighted by atomic mass is 19.1. The van der Waals surface area contributed by atoms with E-state index < -0.39 is 5.82 Å². The number of carbonyl (C=O) groups excluding carboxylic acids is 2. The van der Waals surface area contributed by atoms with Crippen LogP contribution in [0.25, 0.3) is 0 Å². The average Bonchev–Trinajstić information content (AvgIpc) is 3.21. The van der Waals surface area contributed by atoms with E-state index in [4.69, 9.17) is 4.42 Å². The molecule has 0 saturated carbocycles. The number of hydrogen-bond donors (Lipinski definition) is 1. The van der Waals surface area contributed by atoms with Crippen molar-refractivity contribution in [3.05, 3.63) is 59.3 Å². The molecule has 5 nitrogen and oxygen atoms in total. The molecule has 24 heavy (non-hydrogen) atoms. The molecule has 2 heterocycles. The van der Waals surface area contributed by atoms with Crippen molar-refractivity contribution in [2.24, 2.45) is 0 Å². The van der Waals surface area contributed by atoms with Crippen LogP contribution in [0, 0.1) is 5.82 Å². The van der Waals surface area contributed by atoms with Crippen LogP contribution >= 0.6 is 0 Å². The third kappa shape index (κ3) is 3.32. The second-order valence-corrected chi connectivity index (χ2v) is 5.85. The summed E-state index contributed by atoms with van der Waals surface area (Å²) in [5, 5.41) is 2.67. The molecule has 6 heteroatoms. The Balaban J connectivity index is 1.77. The van der Waals surface area contributed by atoms with Crippen molar-refractivity contribution < 1.29 is 18.4 Å². The molecule has 1 N–H and O–H groups in total. The number of carbonyl (C=O) groups is 2. The largest absolute Gasteiger partial charge is 0.462 e. The minimum Gasteiger partial charge on any atom is -0.462 e. The topological polar surface area (TPSA) is 62.6 Å². The van der Waals surface area contributed by atoms with Gasteiger partial charge in [0.1, 0.15) is 17.3 Å². The molecule has 126 valence electrons. The highest BCUT2D eigenvalue weighted by Gasteiger charge is 2.33. The lowest BCUT2D eigenvalue weighted by Gasteiger charge is -2.23. The van der Waals surface area contributed by atoms with Crippen molar-refractivity contribution in [3.63, 3.8) is 0 Å². The van der Waals surface area contributed by atoms with Gasteiger partial charge in [0, 0.05) is 13.5 Å². The van der Waals surface area contributed by atoms with E-state index in [0.717, 1.165) is 12.8 Å². The van der Waals surface area contributed by atoms with Gasteiger partial charge in [-0.15, -0.1) is 0 Å². The molecule has 1 aliphatic heterocycles. The van der Waals surface area contributed by atoms with Crippen LogP contribution in [0.3, 0.4) is 0 Å². The first kappa shape index (κ1) is 16.2. The first-order valence-electron chi connectivity index (χ1n) is 7.95. The van der Waals surface area contributed by atoms with Crippen molar-refractivity contribution in [1.82, 2.24) is 10.2 Å². The van der Waals surface area contributed by atoms with Gasteiger partial charge in [-0.25, -0.2) is 4.39 Å². The number of hydrogen-bond acceptors (Lipinski definition) is 3. The standard InChI is InChI=1S/C18H19FN2O3/c1-12(22)20-11-13-8-9-17(24-13)16-7-4-10-21(16)18(23)14-5-2-3-6-15(14)19/h2-3,5-6,8-9,16H,4,7,10-11H2,1H3,(H,20,22). The highest BCUT2D eigenvalue weighted by Crippen LogP contribution is 2.34. The molecule has 1 aromatic carbocycles. The Kier molecular flexibility index (Phi) is 4.64. The molecule has 0 radical (unpaired) electrons. The Morgan fingerprint density at radius 1 is 1.29 bits per heavy atom. The van der Waals surface area contributed by atoms with E-state index in [1.165, 1.54) is 19.1 Å². The molecule has 0 aliphatic carbocycles. The zero-order chi connectivity index (χ0) is 17.1. The van der Waals surface area contributed by atoms with Crippen molar-refractivity contribution >= 4 is 11.8 Å². The normalized spacial score (nSPS) is 17.1. The van der Waals surface area contributed by atoms with E-state index in [-0.39, 0.29) is 23.4 Å². The van der Waals surface area contributed by atoms with E-state index in [1.807, 2.05) is 6.07 Å². The fraction of sp³-hybridized carbons (Fsp3) is 0.333. The second-order valence-electron chi connectivity index (χ2n) is 5.85. The molecule has 0 bridgehead atoms. The summed E-state index contributed by atoms with van der Waals surface area (Å²) in [5.74, 6) is 0.322. The molecule has 1 unspecified atom stereocenters. The quantitative estimate of drug-likeness (QED) is 0.937. The predicted molar refractivity (Wildman–Crippen MR) is 85.6 cm³/mol. The van der Waals surface area contributed by atoms with Crippen LogP contribution < -0.4 is 5.32 Å². The van der Waals surface area contributed by atoms with Gasteiger partial charge in [-0.1, -0.05) is 12.1 Å². The molecule has 1 aromatic heterocycles. The van der Waals surface area contributed by atoms with Crippen LogP contribution in [0.5, 0.6) is 0 Å². The monoisotopic (exact) mass is 330 g/mol. The Bertz CT molecular complexity index is 756. The maximum absolute atomic E-state index is 13.9. The van der Waals surface area contributed by atoms with Gasteiger partial charge in [0.05, 0.1) is 18.2 Å². The lowest BCUT2D eigenvalue weighted by molar-refractivity contribution is -0.119. The third-order valence-corrected chi connectivity index (χ3v) is 4.14. The number of amides is 2. The summed E-state index contributed by atoms with van der Waals surface area (Å²) in [6.07, 6.45) is 1.61. The number of nitrogens with zero attached hydrogens (tertiary/aromatic N) is 1. The Hall–Kier alpha value is -2.63. The predicted octanol–water partition coefficient (Wildman–Crippen LogP) is 3.03. The van der Waals surface area contributed by atoms with Crippen molar-refractivity contribution in [2.75, 3.05) is 6.54 Å². The van der Waals surface area contributed by atoms with Crippen LogP contribution in [0.4, 0.5) is 4.39 Å². The van der Waals surface area contributed by atoms with Crippen LogP contribution in [0.15, 0.2) is 40.8 Å². The lowest BCUT2D eigenvalue weighted by Crippen LogP contribution is -2.31. The van der Waals surface area contributed by atoms with E-state index in [1.54, 1.807) is 23.1 Å². The van der Waals surface area contributed by atoms with Crippen molar-refractivity contribution in [1.29, 1.82) is 0 Å². The molecule has 2 amide bonds. The van der Waals surface area contributed by atoms with E-state index in [9.17, 15) is 14.0 Å². The fourth-order valence-electron chi connectivity index (χ4n) is 2.98. The van der Waals surface area contributed by atoms with Crippen LogP contribution in [0.1, 0.15) is 47.7 Å². The zero-order valence-electron chi connectivity index (χ0n) is 13.4. The second kappa shape index (κ2) is 6.86. The zero-order valence-corrected chi connectivity index (χ0v) is 13.4. The smallest absolute Gasteiger partial charge is 0.257 e. The first-order valence-corrected chi connectivity index (χ1v) is 7.95. The minimum absolute atomic E-state index is 0.0782. The van der Waals surface area contributed by atoms with Crippen LogP contribution in [0.2, 0.25) is 0 Å². The number of rotatable bonds is 4. The highest BCUT2D eigenvalue weighted by molar-refractivity contribution is 5.94. The van der Waals surface area contributed by atoms with Gasteiger partial charge in [-0.05, 0) is 37.1 Å². The van der Waals surface area contributed by atoms with Crippen molar-refractivity contribution in [3.8, 4) is 0 Å². The summed E-state index contributed by atoms with van der Waals surface area (Å²) in [5.41, 5.74) is 0.0782. The summed E-state index contributed by atoms with van der Waals surface area (Å²) < 4.78 is 19.7. The number of halogens is 1. The van der Waals surface area contributed by atoms with E-state index in [0.29, 0.717) is 24.6 Å². The summed E-state index contributed by atoms with van der Waals surface area (Å²) in [6.45, 7) is 2.32. The summed E-state index contributed by atoms with van der Waals surface area (Å²) in [6, 6.07) is 9.40. The number of benzene rings is 1. The fourth-order valence-corrected chi connectivity index (χ4v) is 2.98. The van der Waals surface area contributed by atoms with Gasteiger partial charge in [0.2, 0.25) is 5.91 Å². The summed E-state index contributed by atoms with van der Waals surface area (Å²) in [7, 11) is 0. The van der Waals surface area contributed by atoms with Gasteiger partial charge >= 0.3 is 0 Å². The van der Waals surface area contributed by atoms with Gasteiger partial charge < -0.3 is 14.6 Å². The van der Waals surface area contributed by atoms with Gasteiger partial charge in [0.25, 0.3) is 5.91 Å². The number of likely N-dealkylation sites (tertiary alicyclic amines) is 1. The Morgan fingerprint density at radius 3 is 2.83 bits per heavy atom. The SMILES string of the molecule is CC(=O)NCc1ccc(C2CCCN2C(=O)c2ccccc2F)o1. The molecule has 1 fully saturated rings. The summed E-state index contributed by atoms with van der Waals surface area (Å²) in [4.78, 5) is 25.3. The molecule has 1 saturated heterocycles. The Morgan fingerprint density at radius 2 is 2.08 bits per heavy atom. The van der Waals surface area contributed by atoms with Gasteiger partial charge in [-0.3, -0.25) is 9.59 Å². The average molecular weight is 330 g/mol. The molecular weight excluding hydrogens is 311 g/mol. The third-order valence-electron chi connectivity index (χ3n) is 4.14. The van der Waals surface area contributed by atoms with Gasteiger partial charge in [-0.2, -0.15) is 0 Å². The maximum atomic E-state index is 13.9. The van der Waals surface area contributed by atoms with Crippen molar-refractivity contribution in [2.45, 2.75) is 32.4 Å². The van der Waals surface area contributed by atoms with Crippen LogP contribution in [-0.2, 0) is 11.3 Å². The Labute approximate surface area is 139 Å². The van der Waals surface area contributed by atoms with Crippen LogP contribution in [-0.4, -0.2) is 23.3 Å². The van der Waals surface area contributed by atoms with E-state index >= 15 is 0 Å². The minimum atomic E-state index is -0.515. The molecule has 1 atom stereocenters. The number of furan rings is 1. The molecule has 3 rings (SSSR count). The summed E-state index contributed by atoms with van der Waals surface area (Å²) >= 11 is 0. The lowest BCUT2D eigenvalue weighted by atomic mass is 10.1. The first-order chi connectivity index (χ1) is 11.6. The maximum Gasteiger partial charge on any atom is 0.257 e. The van der Waals surface area contributed by atoms with E-state index in [2.05, 4.69) is 5.32 Å². The molecule has 2 aromatic rings. The molecule has 0 spiro atoms. The number of nitrogens with one attached hydrogen (secondary N) is 1. The molecular formula is C18H19FN2O3. The molecule has 1 aliphatic rings. The van der Waals surface area contributed by atoms with Gasteiger partial charge in [0.15, 0.2) is 0 Å².